The number of hydrogen-bond acceptors (Lipinski definition) is 5. The number of allylic oxidation sites excluding steroid dienone is 2. The van der Waals surface area contributed by atoms with Crippen molar-refractivity contribution in [1.29, 1.82) is 0 Å². The molecule has 0 radical (unpaired) electrons. The average Bonchev–Trinajstić information content (AvgIpc) is 2.96. The zero-order chi connectivity index (χ0) is 18.7. The predicted octanol–water partition coefficient (Wildman–Crippen LogP) is 3.04. The number of carbonyl (C=O) groups excluding carboxylic acids is 1. The number of amides is 1. The Labute approximate surface area is 154 Å². The number of anilines is 2. The molecule has 0 aliphatic carbocycles. The van der Waals surface area contributed by atoms with Crippen LogP contribution in [-0.2, 0) is 9.59 Å². The minimum absolute atomic E-state index is 0.0517. The summed E-state index contributed by atoms with van der Waals surface area (Å²) in [6, 6.07) is 7.28. The van der Waals surface area contributed by atoms with Crippen LogP contribution in [0.2, 0.25) is 5.02 Å². The predicted molar refractivity (Wildman–Crippen MR) is 97.1 cm³/mol. The van der Waals surface area contributed by atoms with Crippen molar-refractivity contribution in [2.75, 3.05) is 10.6 Å². The summed E-state index contributed by atoms with van der Waals surface area (Å²) in [5.41, 5.74) is 1.91. The molecule has 2 aromatic rings. The molecule has 1 aromatic carbocycles. The molecule has 0 fully saturated rings. The van der Waals surface area contributed by atoms with Gasteiger partial charge in [-0.1, -0.05) is 23.7 Å². The second kappa shape index (κ2) is 7.57. The number of benzene rings is 1. The number of carboxylic acids is 1. The van der Waals surface area contributed by atoms with Gasteiger partial charge in [-0.3, -0.25) is 14.9 Å². The molecule has 1 aliphatic heterocycles. The van der Waals surface area contributed by atoms with Gasteiger partial charge in [0.15, 0.2) is 0 Å². The molecule has 1 amide bonds. The Morgan fingerprint density at radius 2 is 2.04 bits per heavy atom. The molecule has 2 heterocycles. The molecular weight excluding hydrogens is 358 g/mol. The van der Waals surface area contributed by atoms with E-state index in [1.165, 1.54) is 0 Å². The number of nitrogens with zero attached hydrogens (tertiary/aromatic N) is 3. The highest BCUT2D eigenvalue weighted by Gasteiger charge is 2.23. The molecule has 136 valence electrons. The number of nitrogens with one attached hydrogen (secondary N) is 2. The fourth-order valence-corrected chi connectivity index (χ4v) is 2.79. The lowest BCUT2D eigenvalue weighted by atomic mass is 10.1. The smallest absolute Gasteiger partial charge is 0.303 e. The first-order valence-corrected chi connectivity index (χ1v) is 8.49. The normalized spacial score (nSPS) is 15.6. The van der Waals surface area contributed by atoms with Crippen LogP contribution < -0.4 is 10.6 Å². The lowest BCUT2D eigenvalue weighted by Gasteiger charge is -2.22. The molecule has 3 rings (SSSR count). The maximum atomic E-state index is 11.9. The van der Waals surface area contributed by atoms with Crippen LogP contribution in [-0.4, -0.2) is 31.7 Å². The molecule has 1 aliphatic rings. The van der Waals surface area contributed by atoms with Crippen LogP contribution in [0.15, 0.2) is 36.0 Å². The van der Waals surface area contributed by atoms with Crippen molar-refractivity contribution in [3.8, 4) is 0 Å². The Bertz CT molecular complexity index is 860. The van der Waals surface area contributed by atoms with E-state index in [0.717, 1.165) is 11.3 Å². The van der Waals surface area contributed by atoms with Crippen LogP contribution in [0.1, 0.15) is 37.8 Å². The third-order valence-corrected chi connectivity index (χ3v) is 4.12. The zero-order valence-corrected chi connectivity index (χ0v) is 14.8. The van der Waals surface area contributed by atoms with Crippen LogP contribution in [0.25, 0.3) is 0 Å². The quantitative estimate of drug-likeness (QED) is 0.716. The number of halogens is 1. The van der Waals surface area contributed by atoms with Gasteiger partial charge in [0.25, 0.3) is 5.95 Å². The summed E-state index contributed by atoms with van der Waals surface area (Å²) >= 11 is 5.96. The summed E-state index contributed by atoms with van der Waals surface area (Å²) in [5.74, 6) is -0.549. The molecule has 3 N–H and O–H groups in total. The average molecular weight is 376 g/mol. The number of carbonyl (C=O) groups is 2. The van der Waals surface area contributed by atoms with Gasteiger partial charge in [-0.2, -0.15) is 4.98 Å². The first-order chi connectivity index (χ1) is 12.4. The van der Waals surface area contributed by atoms with E-state index in [-0.39, 0.29) is 37.2 Å². The maximum Gasteiger partial charge on any atom is 0.303 e. The molecule has 8 nitrogen and oxygen atoms in total. The highest BCUT2D eigenvalue weighted by atomic mass is 35.5. The Balaban J connectivity index is 1.76. The van der Waals surface area contributed by atoms with E-state index >= 15 is 0 Å². The van der Waals surface area contributed by atoms with Crippen molar-refractivity contribution >= 4 is 35.4 Å². The van der Waals surface area contributed by atoms with E-state index in [1.54, 1.807) is 4.68 Å². The zero-order valence-electron chi connectivity index (χ0n) is 14.1. The Hall–Kier alpha value is -2.87. The number of aliphatic carboxylic acids is 1. The lowest BCUT2D eigenvalue weighted by Crippen LogP contribution is -2.19. The summed E-state index contributed by atoms with van der Waals surface area (Å²) in [4.78, 5) is 26.7. The van der Waals surface area contributed by atoms with E-state index in [9.17, 15) is 9.59 Å². The minimum atomic E-state index is -0.926. The van der Waals surface area contributed by atoms with Gasteiger partial charge in [0.05, 0.1) is 0 Å². The topological polar surface area (TPSA) is 109 Å². The first kappa shape index (κ1) is 17.9. The number of fused-ring (bicyclic) bond motifs is 1. The van der Waals surface area contributed by atoms with E-state index in [2.05, 4.69) is 20.7 Å². The fraction of sp³-hybridized carbons (Fsp3) is 0.294. The summed E-state index contributed by atoms with van der Waals surface area (Å²) in [6.45, 7) is 1.92. The monoisotopic (exact) mass is 375 g/mol. The molecule has 0 saturated carbocycles. The second-order valence-corrected chi connectivity index (χ2v) is 6.41. The Morgan fingerprint density at radius 3 is 2.73 bits per heavy atom. The van der Waals surface area contributed by atoms with Gasteiger partial charge in [0, 0.05) is 23.6 Å². The lowest BCUT2D eigenvalue weighted by molar-refractivity contribution is -0.137. The highest BCUT2D eigenvalue weighted by Crippen LogP contribution is 2.30. The molecule has 26 heavy (non-hydrogen) atoms. The van der Waals surface area contributed by atoms with Crippen LogP contribution in [0.5, 0.6) is 0 Å². The van der Waals surface area contributed by atoms with Crippen molar-refractivity contribution in [3.05, 3.63) is 46.6 Å². The fourth-order valence-electron chi connectivity index (χ4n) is 2.67. The molecule has 0 bridgehead atoms. The number of rotatable bonds is 6. The molecular formula is C17H18ClN5O3. The molecule has 1 aromatic heterocycles. The van der Waals surface area contributed by atoms with Crippen LogP contribution in [0, 0.1) is 0 Å². The SMILES string of the molecule is CC1=C[C@H](c2ccc(Cl)cc2)n2nc(NC(=O)CCCC(=O)O)nc2N1. The first-order valence-electron chi connectivity index (χ1n) is 8.11. The minimum Gasteiger partial charge on any atom is -0.481 e. The van der Waals surface area contributed by atoms with E-state index in [1.807, 2.05) is 37.3 Å². The number of aromatic nitrogens is 3. The highest BCUT2D eigenvalue weighted by molar-refractivity contribution is 6.30. The van der Waals surface area contributed by atoms with Crippen LogP contribution in [0.4, 0.5) is 11.9 Å². The molecule has 9 heteroatoms. The summed E-state index contributed by atoms with van der Waals surface area (Å²) in [5, 5.41) is 19.4. The van der Waals surface area contributed by atoms with Gasteiger partial charge in [-0.25, -0.2) is 4.68 Å². The molecule has 0 saturated heterocycles. The summed E-state index contributed by atoms with van der Waals surface area (Å²) < 4.78 is 1.68. The van der Waals surface area contributed by atoms with E-state index in [4.69, 9.17) is 16.7 Å². The largest absolute Gasteiger partial charge is 0.481 e. The van der Waals surface area contributed by atoms with Crippen molar-refractivity contribution in [2.24, 2.45) is 0 Å². The number of hydrogen-bond donors (Lipinski definition) is 3. The van der Waals surface area contributed by atoms with E-state index in [0.29, 0.717) is 11.0 Å². The van der Waals surface area contributed by atoms with Gasteiger partial charge >= 0.3 is 5.97 Å². The molecule has 0 unspecified atom stereocenters. The van der Waals surface area contributed by atoms with Gasteiger partial charge in [-0.05, 0) is 37.1 Å². The van der Waals surface area contributed by atoms with Crippen molar-refractivity contribution in [1.82, 2.24) is 14.8 Å². The summed E-state index contributed by atoms with van der Waals surface area (Å²) in [7, 11) is 0. The van der Waals surface area contributed by atoms with Gasteiger partial charge in [0.2, 0.25) is 11.9 Å². The standard InChI is InChI=1S/C17H18ClN5O3/c1-10-9-13(11-5-7-12(18)8-6-11)23-17(19-10)21-16(22-23)20-14(24)3-2-4-15(25)26/h5-9,13H,2-4H2,1H3,(H,25,26)(H2,19,20,21,22,24)/t13-/m1/s1. The third-order valence-electron chi connectivity index (χ3n) is 3.87. The third kappa shape index (κ3) is 4.20. The number of carboxylic acid groups (broad SMARTS) is 1. The van der Waals surface area contributed by atoms with Crippen molar-refractivity contribution in [3.63, 3.8) is 0 Å². The second-order valence-electron chi connectivity index (χ2n) is 5.97. The Kier molecular flexibility index (Phi) is 5.22. The van der Waals surface area contributed by atoms with Gasteiger partial charge < -0.3 is 10.4 Å². The van der Waals surface area contributed by atoms with Gasteiger partial charge in [0.1, 0.15) is 6.04 Å². The molecule has 0 spiro atoms. The Morgan fingerprint density at radius 1 is 1.31 bits per heavy atom. The van der Waals surface area contributed by atoms with E-state index < -0.39 is 5.97 Å². The van der Waals surface area contributed by atoms with Crippen molar-refractivity contribution in [2.45, 2.75) is 32.2 Å². The van der Waals surface area contributed by atoms with Crippen LogP contribution >= 0.6 is 11.6 Å². The summed E-state index contributed by atoms with van der Waals surface area (Å²) in [6.07, 6.45) is 2.32. The maximum absolute atomic E-state index is 11.9. The van der Waals surface area contributed by atoms with Crippen molar-refractivity contribution < 1.29 is 14.7 Å². The van der Waals surface area contributed by atoms with Gasteiger partial charge in [-0.15, -0.1) is 5.10 Å². The van der Waals surface area contributed by atoms with Crippen LogP contribution in [0.3, 0.4) is 0 Å². The molecule has 1 atom stereocenters.